The maximum atomic E-state index is 9.13. The van der Waals surface area contributed by atoms with Gasteiger partial charge in [0.1, 0.15) is 0 Å². The monoisotopic (exact) mass is 204 g/mol. The van der Waals surface area contributed by atoms with E-state index in [1.807, 2.05) is 0 Å². The van der Waals surface area contributed by atoms with Crippen molar-refractivity contribution < 1.29 is 10.4 Å². The van der Waals surface area contributed by atoms with Crippen molar-refractivity contribution in [3.05, 3.63) is 0 Å². The Bertz CT molecular complexity index is 400. The highest BCUT2D eigenvalue weighted by atomic mass is 16.4. The predicted octanol–water partition coefficient (Wildman–Crippen LogP) is 1.03. The zero-order valence-corrected chi connectivity index (χ0v) is 8.11. The average molecular weight is 204 g/mol. The fourth-order valence-electron chi connectivity index (χ4n) is 6.13. The Morgan fingerprint density at radius 1 is 0.800 bits per heavy atom. The molecule has 5 rings (SSSR count). The van der Waals surface area contributed by atoms with Crippen molar-refractivity contribution in [3.63, 3.8) is 0 Å². The number of rotatable bonds is 0. The van der Waals surface area contributed by atoms with Gasteiger partial charge < -0.3 is 10.4 Å². The topological polar surface area (TPSA) is 65.2 Å². The lowest BCUT2D eigenvalue weighted by Gasteiger charge is -2.44. The number of fused-ring (bicyclic) bond motifs is 2. The molecule has 0 aromatic heterocycles. The first-order chi connectivity index (χ1) is 7.38. The molecular weight excluding hydrogens is 192 g/mol. The zero-order chi connectivity index (χ0) is 9.89. The molecule has 0 unspecified atom stereocenters. The summed E-state index contributed by atoms with van der Waals surface area (Å²) >= 11 is 0. The van der Waals surface area contributed by atoms with Gasteiger partial charge in [0.25, 0.3) is 0 Å². The zero-order valence-electron chi connectivity index (χ0n) is 8.11. The molecule has 2 N–H and O–H groups in total. The van der Waals surface area contributed by atoms with Crippen LogP contribution in [0.15, 0.2) is 10.3 Å². The van der Waals surface area contributed by atoms with Gasteiger partial charge in [0, 0.05) is 23.7 Å². The fraction of sp³-hybridized carbons (Fsp3) is 0.818. The Morgan fingerprint density at radius 2 is 1.27 bits per heavy atom. The van der Waals surface area contributed by atoms with Crippen molar-refractivity contribution in [3.8, 4) is 0 Å². The van der Waals surface area contributed by atoms with Crippen molar-refractivity contribution in [1.29, 1.82) is 0 Å². The van der Waals surface area contributed by atoms with Gasteiger partial charge in [-0.25, -0.2) is 0 Å². The third kappa shape index (κ3) is 0.446. The molecule has 15 heavy (non-hydrogen) atoms. The Hall–Kier alpha value is -1.06. The maximum absolute atomic E-state index is 9.13. The fourth-order valence-corrected chi connectivity index (χ4v) is 6.13. The lowest BCUT2D eigenvalue weighted by atomic mass is 9.59. The first-order valence-electron chi connectivity index (χ1n) is 5.82. The van der Waals surface area contributed by atoms with Crippen LogP contribution in [0, 0.1) is 47.3 Å². The molecule has 0 spiro atoms. The summed E-state index contributed by atoms with van der Waals surface area (Å²) in [6, 6.07) is 0. The van der Waals surface area contributed by atoms with E-state index in [9.17, 15) is 0 Å². The van der Waals surface area contributed by atoms with Crippen LogP contribution in [0.3, 0.4) is 0 Å². The molecule has 0 aromatic rings. The largest absolute Gasteiger partial charge is 0.411 e. The Balaban J connectivity index is 1.83. The van der Waals surface area contributed by atoms with Gasteiger partial charge in [0.2, 0.25) is 0 Å². The molecule has 0 amide bonds. The lowest BCUT2D eigenvalue weighted by Crippen LogP contribution is -2.48. The van der Waals surface area contributed by atoms with E-state index in [4.69, 9.17) is 10.4 Å². The molecule has 2 bridgehead atoms. The van der Waals surface area contributed by atoms with Gasteiger partial charge in [0.15, 0.2) is 0 Å². The van der Waals surface area contributed by atoms with E-state index < -0.39 is 0 Å². The third-order valence-electron chi connectivity index (χ3n) is 6.10. The highest BCUT2D eigenvalue weighted by Gasteiger charge is 2.82. The number of hydrogen-bond donors (Lipinski definition) is 2. The van der Waals surface area contributed by atoms with Crippen LogP contribution in [-0.2, 0) is 0 Å². The Labute approximate surface area is 86.6 Å². The van der Waals surface area contributed by atoms with Gasteiger partial charge in [-0.3, -0.25) is 0 Å². The molecule has 5 fully saturated rings. The van der Waals surface area contributed by atoms with E-state index in [2.05, 4.69) is 10.3 Å². The van der Waals surface area contributed by atoms with Crippen LogP contribution in [0.2, 0.25) is 0 Å². The lowest BCUT2D eigenvalue weighted by molar-refractivity contribution is 0.0644. The van der Waals surface area contributed by atoms with Crippen LogP contribution >= 0.6 is 0 Å². The normalized spacial score (nSPS) is 71.2. The van der Waals surface area contributed by atoms with Crippen LogP contribution in [0.1, 0.15) is 6.42 Å². The molecule has 78 valence electrons. The van der Waals surface area contributed by atoms with Crippen molar-refractivity contribution in [1.82, 2.24) is 0 Å². The van der Waals surface area contributed by atoms with Crippen molar-refractivity contribution in [2.24, 2.45) is 57.7 Å². The summed E-state index contributed by atoms with van der Waals surface area (Å²) < 4.78 is 0. The second-order valence-corrected chi connectivity index (χ2v) is 5.87. The van der Waals surface area contributed by atoms with Gasteiger partial charge in [0.05, 0.1) is 11.4 Å². The second-order valence-electron chi connectivity index (χ2n) is 5.87. The summed E-state index contributed by atoms with van der Waals surface area (Å²) in [4.78, 5) is 0. The summed E-state index contributed by atoms with van der Waals surface area (Å²) in [7, 11) is 0. The van der Waals surface area contributed by atoms with E-state index >= 15 is 0 Å². The summed E-state index contributed by atoms with van der Waals surface area (Å²) in [6.07, 6.45) is 1.29. The molecule has 5 aliphatic rings. The Kier molecular flexibility index (Phi) is 0.874. The van der Waals surface area contributed by atoms with E-state index in [1.54, 1.807) is 0 Å². The van der Waals surface area contributed by atoms with E-state index in [0.717, 1.165) is 35.1 Å². The van der Waals surface area contributed by atoms with Crippen molar-refractivity contribution in [2.45, 2.75) is 6.42 Å². The molecule has 0 radical (unpaired) electrons. The molecule has 0 heterocycles. The number of oxime groups is 2. The first-order valence-corrected chi connectivity index (χ1v) is 5.82. The average Bonchev–Trinajstić information content (AvgIpc) is 2.73. The molecular formula is C11H12N2O2. The van der Waals surface area contributed by atoms with Crippen LogP contribution in [-0.4, -0.2) is 21.8 Å². The molecule has 4 nitrogen and oxygen atoms in total. The van der Waals surface area contributed by atoms with E-state index in [1.165, 1.54) is 6.42 Å². The van der Waals surface area contributed by atoms with Gasteiger partial charge in [-0.2, -0.15) is 0 Å². The van der Waals surface area contributed by atoms with Gasteiger partial charge in [-0.15, -0.1) is 0 Å². The van der Waals surface area contributed by atoms with Gasteiger partial charge in [-0.1, -0.05) is 10.3 Å². The minimum atomic E-state index is 0.427. The molecule has 0 saturated heterocycles. The molecule has 5 saturated carbocycles. The summed E-state index contributed by atoms with van der Waals surface area (Å²) in [5.41, 5.74) is 2.09. The third-order valence-corrected chi connectivity index (χ3v) is 6.10. The van der Waals surface area contributed by atoms with Crippen LogP contribution in [0.5, 0.6) is 0 Å². The minimum Gasteiger partial charge on any atom is -0.411 e. The molecule has 5 aliphatic carbocycles. The van der Waals surface area contributed by atoms with E-state index in [0.29, 0.717) is 23.7 Å². The van der Waals surface area contributed by atoms with Crippen molar-refractivity contribution in [2.75, 3.05) is 0 Å². The quantitative estimate of drug-likeness (QED) is 0.457. The highest BCUT2D eigenvalue weighted by Crippen LogP contribution is 2.80. The number of hydrogen-bond acceptors (Lipinski definition) is 4. The van der Waals surface area contributed by atoms with E-state index in [-0.39, 0.29) is 0 Å². The number of nitrogens with zero attached hydrogens (tertiary/aromatic N) is 2. The van der Waals surface area contributed by atoms with Crippen LogP contribution in [0.4, 0.5) is 0 Å². The molecule has 4 heteroatoms. The Morgan fingerprint density at radius 3 is 1.67 bits per heavy atom. The summed E-state index contributed by atoms with van der Waals surface area (Å²) in [5.74, 6) is 4.76. The van der Waals surface area contributed by atoms with Crippen LogP contribution in [0.25, 0.3) is 0 Å². The maximum Gasteiger partial charge on any atom is 0.0651 e. The van der Waals surface area contributed by atoms with Crippen LogP contribution < -0.4 is 0 Å². The standard InChI is InChI=1S/C11H12N2O2/c14-12-10-6-2-1-3-5-4(2)8(10)9(5)11(13-15)7(3)6/h2-9,14-15H,1H2/b12-10-,13-11-/t2-,3+,4-,5-,6+,7-,8-,9-/m0/s1. The molecule has 8 atom stereocenters. The molecule has 0 aromatic carbocycles. The summed E-state index contributed by atoms with van der Waals surface area (Å²) in [5, 5.41) is 25.4. The first kappa shape index (κ1) is 7.25. The van der Waals surface area contributed by atoms with Gasteiger partial charge in [-0.05, 0) is 30.1 Å². The molecule has 0 aliphatic heterocycles. The highest BCUT2D eigenvalue weighted by molar-refractivity contribution is 6.10. The predicted molar refractivity (Wildman–Crippen MR) is 51.0 cm³/mol. The second kappa shape index (κ2) is 1.81. The SMILES string of the molecule is O/N=C1/[C@@H]2[C@H]3C[C@H]4[C@@H]2/C(=N/O)[C@@H]2[C@@H]1[C@@H]3[C@H]42. The summed E-state index contributed by atoms with van der Waals surface area (Å²) in [6.45, 7) is 0. The van der Waals surface area contributed by atoms with Gasteiger partial charge >= 0.3 is 0 Å². The van der Waals surface area contributed by atoms with Crippen molar-refractivity contribution >= 4 is 11.4 Å². The smallest absolute Gasteiger partial charge is 0.0651 e. The minimum absolute atomic E-state index is 0.427.